The largest absolute Gasteiger partial charge is 0.491 e. The molecule has 0 aromatic heterocycles. The lowest BCUT2D eigenvalue weighted by Crippen LogP contribution is -2.12. The number of hydrogen-bond acceptors (Lipinski definition) is 4. The van der Waals surface area contributed by atoms with Gasteiger partial charge >= 0.3 is 0 Å². The molecule has 2 atom stereocenters. The lowest BCUT2D eigenvalue weighted by Gasteiger charge is -2.18. The number of anilines is 2. The highest BCUT2D eigenvalue weighted by Gasteiger charge is 2.12. The molecule has 0 aliphatic carbocycles. The van der Waals surface area contributed by atoms with Gasteiger partial charge in [0, 0.05) is 0 Å². The minimum absolute atomic E-state index is 0.579. The van der Waals surface area contributed by atoms with E-state index >= 15 is 0 Å². The molecule has 0 spiro atoms. The standard InChI is InChI=1S/C28H44N2O2/c1-5-9-11-21(7-3)19-31-27-15-13-23(17-25(27)29)24-14-16-28(26(30)18-24)32-20-22(8-4)12-10-6-2/h13-18,21-22H,5-12,19-20,29-30H2,1-4H3. The molecule has 0 bridgehead atoms. The Bertz CT molecular complexity index is 739. The molecule has 2 aromatic carbocycles. The molecule has 4 nitrogen and oxygen atoms in total. The molecule has 0 heterocycles. The van der Waals surface area contributed by atoms with Gasteiger partial charge in [0.05, 0.1) is 24.6 Å². The summed E-state index contributed by atoms with van der Waals surface area (Å²) < 4.78 is 12.1. The van der Waals surface area contributed by atoms with Gasteiger partial charge in [-0.2, -0.15) is 0 Å². The molecule has 0 saturated heterocycles. The summed E-state index contributed by atoms with van der Waals surface area (Å²) in [7, 11) is 0. The van der Waals surface area contributed by atoms with Gasteiger partial charge in [-0.15, -0.1) is 0 Å². The van der Waals surface area contributed by atoms with Crippen LogP contribution in [0.15, 0.2) is 36.4 Å². The van der Waals surface area contributed by atoms with Gasteiger partial charge in [0.2, 0.25) is 0 Å². The van der Waals surface area contributed by atoms with Crippen molar-refractivity contribution in [3.05, 3.63) is 36.4 Å². The van der Waals surface area contributed by atoms with E-state index in [4.69, 9.17) is 20.9 Å². The van der Waals surface area contributed by atoms with Crippen LogP contribution >= 0.6 is 0 Å². The fraction of sp³-hybridized carbons (Fsp3) is 0.571. The second kappa shape index (κ2) is 13.9. The molecular weight excluding hydrogens is 396 g/mol. The highest BCUT2D eigenvalue weighted by molar-refractivity contribution is 5.74. The zero-order chi connectivity index (χ0) is 23.3. The summed E-state index contributed by atoms with van der Waals surface area (Å²) in [6.45, 7) is 10.3. The van der Waals surface area contributed by atoms with Gasteiger partial charge in [0.25, 0.3) is 0 Å². The van der Waals surface area contributed by atoms with Gasteiger partial charge in [0.15, 0.2) is 0 Å². The van der Waals surface area contributed by atoms with E-state index < -0.39 is 0 Å². The molecule has 0 aliphatic heterocycles. The first-order valence-electron chi connectivity index (χ1n) is 12.6. The van der Waals surface area contributed by atoms with E-state index in [-0.39, 0.29) is 0 Å². The number of nitrogens with two attached hydrogens (primary N) is 2. The summed E-state index contributed by atoms with van der Waals surface area (Å²) in [5, 5.41) is 0. The van der Waals surface area contributed by atoms with Crippen LogP contribution in [0.1, 0.15) is 79.1 Å². The first-order chi connectivity index (χ1) is 15.5. The summed E-state index contributed by atoms with van der Waals surface area (Å²) in [6, 6.07) is 12.0. The SMILES string of the molecule is CCCCC(CC)COc1ccc(-c2ccc(OCC(CC)CCCC)c(N)c2)cc1N. The van der Waals surface area contributed by atoms with Gasteiger partial charge in [-0.1, -0.05) is 78.4 Å². The normalized spacial score (nSPS) is 13.0. The van der Waals surface area contributed by atoms with Crippen molar-refractivity contribution < 1.29 is 9.47 Å². The van der Waals surface area contributed by atoms with Crippen LogP contribution in [0.3, 0.4) is 0 Å². The van der Waals surface area contributed by atoms with Crippen molar-refractivity contribution >= 4 is 11.4 Å². The number of nitrogen functional groups attached to an aromatic ring is 2. The third-order valence-corrected chi connectivity index (χ3v) is 6.39. The number of ether oxygens (including phenoxy) is 2. The van der Waals surface area contributed by atoms with Crippen LogP contribution in [0.2, 0.25) is 0 Å². The van der Waals surface area contributed by atoms with Crippen LogP contribution in [0.25, 0.3) is 11.1 Å². The molecule has 32 heavy (non-hydrogen) atoms. The highest BCUT2D eigenvalue weighted by atomic mass is 16.5. The molecule has 0 radical (unpaired) electrons. The van der Waals surface area contributed by atoms with Crippen molar-refractivity contribution in [2.45, 2.75) is 79.1 Å². The van der Waals surface area contributed by atoms with E-state index in [0.29, 0.717) is 23.2 Å². The lowest BCUT2D eigenvalue weighted by atomic mass is 10.0. The van der Waals surface area contributed by atoms with Crippen molar-refractivity contribution in [1.29, 1.82) is 0 Å². The van der Waals surface area contributed by atoms with Gasteiger partial charge in [0.1, 0.15) is 11.5 Å². The quantitative estimate of drug-likeness (QED) is 0.278. The smallest absolute Gasteiger partial charge is 0.142 e. The number of hydrogen-bond donors (Lipinski definition) is 2. The molecule has 4 heteroatoms. The van der Waals surface area contributed by atoms with Crippen molar-refractivity contribution in [3.8, 4) is 22.6 Å². The summed E-state index contributed by atoms with van der Waals surface area (Å²) in [5.74, 6) is 2.68. The molecule has 2 unspecified atom stereocenters. The zero-order valence-corrected chi connectivity index (χ0v) is 20.7. The second-order valence-electron chi connectivity index (χ2n) is 8.96. The summed E-state index contributed by atoms with van der Waals surface area (Å²) in [4.78, 5) is 0. The van der Waals surface area contributed by atoms with E-state index in [2.05, 4.69) is 27.7 Å². The number of rotatable bonds is 15. The molecule has 178 valence electrons. The fourth-order valence-corrected chi connectivity index (χ4v) is 3.93. The third kappa shape index (κ3) is 7.96. The van der Waals surface area contributed by atoms with Crippen LogP contribution in [0.5, 0.6) is 11.5 Å². The first-order valence-corrected chi connectivity index (χ1v) is 12.6. The zero-order valence-electron chi connectivity index (χ0n) is 20.7. The van der Waals surface area contributed by atoms with Gasteiger partial charge in [-0.3, -0.25) is 0 Å². The monoisotopic (exact) mass is 440 g/mol. The lowest BCUT2D eigenvalue weighted by molar-refractivity contribution is 0.234. The van der Waals surface area contributed by atoms with Crippen LogP contribution in [0.4, 0.5) is 11.4 Å². The topological polar surface area (TPSA) is 70.5 Å². The first kappa shape index (κ1) is 25.9. The molecule has 0 amide bonds. The van der Waals surface area contributed by atoms with Crippen LogP contribution in [-0.4, -0.2) is 13.2 Å². The van der Waals surface area contributed by atoms with Crippen molar-refractivity contribution in [2.24, 2.45) is 11.8 Å². The highest BCUT2D eigenvalue weighted by Crippen LogP contribution is 2.33. The van der Waals surface area contributed by atoms with Crippen LogP contribution < -0.4 is 20.9 Å². The Morgan fingerprint density at radius 2 is 1.06 bits per heavy atom. The van der Waals surface area contributed by atoms with Crippen LogP contribution in [0, 0.1) is 11.8 Å². The number of unbranched alkanes of at least 4 members (excludes halogenated alkanes) is 2. The van der Waals surface area contributed by atoms with Crippen molar-refractivity contribution in [3.63, 3.8) is 0 Å². The van der Waals surface area contributed by atoms with E-state index in [1.54, 1.807) is 0 Å². The van der Waals surface area contributed by atoms with E-state index in [1.807, 2.05) is 36.4 Å². The number of benzene rings is 2. The minimum Gasteiger partial charge on any atom is -0.491 e. The molecule has 0 aliphatic rings. The Morgan fingerprint density at radius 1 is 0.656 bits per heavy atom. The third-order valence-electron chi connectivity index (χ3n) is 6.39. The Balaban J connectivity index is 2.01. The molecule has 2 aromatic rings. The van der Waals surface area contributed by atoms with Crippen LogP contribution in [-0.2, 0) is 0 Å². The van der Waals surface area contributed by atoms with Crippen molar-refractivity contribution in [2.75, 3.05) is 24.7 Å². The summed E-state index contributed by atoms with van der Waals surface area (Å²) in [5.41, 5.74) is 16.0. The second-order valence-corrected chi connectivity index (χ2v) is 8.96. The molecule has 0 fully saturated rings. The fourth-order valence-electron chi connectivity index (χ4n) is 3.93. The maximum Gasteiger partial charge on any atom is 0.142 e. The Morgan fingerprint density at radius 3 is 1.38 bits per heavy atom. The minimum atomic E-state index is 0.579. The maximum absolute atomic E-state index is 6.31. The predicted molar refractivity (Wildman–Crippen MR) is 138 cm³/mol. The molecule has 4 N–H and O–H groups in total. The van der Waals surface area contributed by atoms with E-state index in [1.165, 1.54) is 38.5 Å². The summed E-state index contributed by atoms with van der Waals surface area (Å²) in [6.07, 6.45) is 9.60. The van der Waals surface area contributed by atoms with Gasteiger partial charge in [-0.25, -0.2) is 0 Å². The van der Waals surface area contributed by atoms with E-state index in [0.717, 1.165) is 48.7 Å². The maximum atomic E-state index is 6.31. The Labute approximate surface area is 195 Å². The Hall–Kier alpha value is -2.36. The Kier molecular flexibility index (Phi) is 11.3. The average Bonchev–Trinajstić information content (AvgIpc) is 2.80. The predicted octanol–water partition coefficient (Wildman–Crippen LogP) is 7.71. The van der Waals surface area contributed by atoms with Gasteiger partial charge in [-0.05, 0) is 60.1 Å². The van der Waals surface area contributed by atoms with Crippen molar-refractivity contribution in [1.82, 2.24) is 0 Å². The summed E-state index contributed by atoms with van der Waals surface area (Å²) >= 11 is 0. The molecular formula is C28H44N2O2. The van der Waals surface area contributed by atoms with E-state index in [9.17, 15) is 0 Å². The average molecular weight is 441 g/mol. The molecule has 0 saturated carbocycles. The van der Waals surface area contributed by atoms with Gasteiger partial charge < -0.3 is 20.9 Å². The molecule has 2 rings (SSSR count).